The number of aromatic nitrogens is 2. The summed E-state index contributed by atoms with van der Waals surface area (Å²) in [6, 6.07) is 0.366. The van der Waals surface area contributed by atoms with Crippen LogP contribution in [0.5, 0.6) is 0 Å². The number of nitrogens with one attached hydrogen (secondary N) is 2. The molecule has 1 fully saturated rings. The summed E-state index contributed by atoms with van der Waals surface area (Å²) in [4.78, 5) is 3.57. The average Bonchev–Trinajstić information content (AvgIpc) is 3.23. The highest BCUT2D eigenvalue weighted by molar-refractivity contribution is 5.81. The number of rotatable bonds is 10. The Kier molecular flexibility index (Phi) is 12.4. The third-order valence-electron chi connectivity index (χ3n) is 5.19. The first-order chi connectivity index (χ1) is 15.7. The standard InChI is InChI=1S/C19H28N4O.C6H14N2O/c1-4-15(5-2)12-16(8-11-24)19-18(14(3)20)13-23(22-19)17-6-9-21-10-7-17;1-6(2,9)4-8-5-7-3/h4,8,11-13,17,21,24H,3,5-7,9-10,20H2,1-2H3;8-9H,3-5H2,1-2H3/b11-8+,15-4-,16-12+;. The normalized spacial score (nSPS) is 15.9. The molecule has 0 atom stereocenters. The first kappa shape index (κ1) is 28.4. The molecule has 0 saturated carbocycles. The average molecular weight is 459 g/mol. The van der Waals surface area contributed by atoms with Crippen molar-refractivity contribution in [3.63, 3.8) is 0 Å². The van der Waals surface area contributed by atoms with Gasteiger partial charge >= 0.3 is 0 Å². The number of piperidine rings is 1. The summed E-state index contributed by atoms with van der Waals surface area (Å²) >= 11 is 0. The van der Waals surface area contributed by atoms with Crippen molar-refractivity contribution in [2.45, 2.75) is 58.6 Å². The molecule has 33 heavy (non-hydrogen) atoms. The Bertz CT molecular complexity index is 840. The Morgan fingerprint density at radius 3 is 2.58 bits per heavy atom. The van der Waals surface area contributed by atoms with E-state index in [1.54, 1.807) is 19.9 Å². The van der Waals surface area contributed by atoms with Crippen molar-refractivity contribution < 1.29 is 10.2 Å². The molecule has 1 aromatic heterocycles. The molecule has 0 unspecified atom stereocenters. The molecule has 0 spiro atoms. The van der Waals surface area contributed by atoms with Gasteiger partial charge in [0.25, 0.3) is 0 Å². The van der Waals surface area contributed by atoms with Crippen LogP contribution in [0.1, 0.15) is 64.3 Å². The van der Waals surface area contributed by atoms with Gasteiger partial charge in [-0.3, -0.25) is 15.0 Å². The highest BCUT2D eigenvalue weighted by Crippen LogP contribution is 2.27. The lowest BCUT2D eigenvalue weighted by molar-refractivity contribution is 0.0803. The lowest BCUT2D eigenvalue weighted by Gasteiger charge is -2.22. The maximum absolute atomic E-state index is 9.30. The van der Waals surface area contributed by atoms with Crippen molar-refractivity contribution in [3.05, 3.63) is 54.1 Å². The van der Waals surface area contributed by atoms with E-state index in [1.807, 2.05) is 23.9 Å². The van der Waals surface area contributed by atoms with E-state index >= 15 is 0 Å². The largest absolute Gasteiger partial charge is 0.516 e. The molecule has 0 aromatic carbocycles. The molecule has 0 amide bonds. The lowest BCUT2D eigenvalue weighted by atomic mass is 10.0. The van der Waals surface area contributed by atoms with Crippen LogP contribution in [0.25, 0.3) is 11.3 Å². The minimum absolute atomic E-state index is 0.366. The van der Waals surface area contributed by atoms with E-state index in [0.717, 1.165) is 55.4 Å². The maximum atomic E-state index is 9.30. The van der Waals surface area contributed by atoms with Crippen LogP contribution in [0.2, 0.25) is 0 Å². The molecular weight excluding hydrogens is 416 g/mol. The molecule has 184 valence electrons. The second kappa shape index (κ2) is 14.5. The molecule has 0 bridgehead atoms. The number of aliphatic hydroxyl groups is 2. The van der Waals surface area contributed by atoms with Gasteiger partial charge in [0.15, 0.2) is 0 Å². The number of aliphatic imine (C=N–C) groups is 1. The molecule has 8 heteroatoms. The zero-order valence-corrected chi connectivity index (χ0v) is 20.6. The SMILES string of the molecule is C=C(N)c1cn(C2CCNCC2)nc1C(/C=C/O)=C/C(=C\C)CC.C=NCNCC(C)(C)O. The number of nitrogens with two attached hydrogens (primary N) is 1. The van der Waals surface area contributed by atoms with Crippen molar-refractivity contribution in [1.29, 1.82) is 0 Å². The van der Waals surface area contributed by atoms with Gasteiger partial charge in [-0.1, -0.05) is 25.2 Å². The molecular formula is C25H42N6O2. The number of nitrogens with zero attached hydrogens (tertiary/aromatic N) is 3. The molecule has 2 rings (SSSR count). The van der Waals surface area contributed by atoms with Crippen LogP contribution in [0, 0.1) is 0 Å². The Labute approximate surface area is 198 Å². The van der Waals surface area contributed by atoms with Crippen molar-refractivity contribution in [2.24, 2.45) is 10.7 Å². The molecule has 0 radical (unpaired) electrons. The molecule has 8 nitrogen and oxygen atoms in total. The topological polar surface area (TPSA) is 121 Å². The Hall–Kier alpha value is -2.68. The van der Waals surface area contributed by atoms with Gasteiger partial charge in [-0.05, 0) is 72.0 Å². The third-order valence-corrected chi connectivity index (χ3v) is 5.19. The lowest BCUT2D eigenvalue weighted by Crippen LogP contribution is -2.34. The fourth-order valence-corrected chi connectivity index (χ4v) is 3.40. The van der Waals surface area contributed by atoms with Crippen LogP contribution in [-0.2, 0) is 0 Å². The Morgan fingerprint density at radius 1 is 1.42 bits per heavy atom. The quantitative estimate of drug-likeness (QED) is 0.158. The maximum Gasteiger partial charge on any atom is 0.102 e. The Morgan fingerprint density at radius 2 is 2.09 bits per heavy atom. The van der Waals surface area contributed by atoms with E-state index in [1.165, 1.54) is 5.57 Å². The van der Waals surface area contributed by atoms with E-state index in [2.05, 4.69) is 41.9 Å². The summed E-state index contributed by atoms with van der Waals surface area (Å²) in [6.45, 7) is 17.8. The van der Waals surface area contributed by atoms with Gasteiger partial charge in [0.05, 0.1) is 24.6 Å². The van der Waals surface area contributed by atoms with Crippen LogP contribution in [-0.4, -0.2) is 58.6 Å². The first-order valence-electron chi connectivity index (χ1n) is 11.4. The van der Waals surface area contributed by atoms with E-state index in [9.17, 15) is 5.11 Å². The Balaban J connectivity index is 0.000000513. The minimum Gasteiger partial charge on any atom is -0.516 e. The number of hydrogen-bond donors (Lipinski definition) is 5. The second-order valence-corrected chi connectivity index (χ2v) is 8.63. The zero-order chi connectivity index (χ0) is 24.9. The predicted octanol–water partition coefficient (Wildman–Crippen LogP) is 3.55. The summed E-state index contributed by atoms with van der Waals surface area (Å²) in [7, 11) is 0. The van der Waals surface area contributed by atoms with Gasteiger partial charge in [0.2, 0.25) is 0 Å². The summed E-state index contributed by atoms with van der Waals surface area (Å²) in [5, 5.41) is 29.5. The van der Waals surface area contributed by atoms with E-state index in [4.69, 9.17) is 15.9 Å². The van der Waals surface area contributed by atoms with E-state index in [0.29, 0.717) is 25.0 Å². The molecule has 1 aliphatic rings. The first-order valence-corrected chi connectivity index (χ1v) is 11.4. The second-order valence-electron chi connectivity index (χ2n) is 8.63. The highest BCUT2D eigenvalue weighted by Gasteiger charge is 2.20. The summed E-state index contributed by atoms with van der Waals surface area (Å²) in [5.41, 5.74) is 9.43. The summed E-state index contributed by atoms with van der Waals surface area (Å²) in [5.74, 6) is 0. The summed E-state index contributed by atoms with van der Waals surface area (Å²) < 4.78 is 2.00. The molecule has 1 aliphatic heterocycles. The molecule has 1 aromatic rings. The van der Waals surface area contributed by atoms with Gasteiger partial charge in [0.1, 0.15) is 5.69 Å². The van der Waals surface area contributed by atoms with E-state index < -0.39 is 5.60 Å². The number of aliphatic hydroxyl groups excluding tert-OH is 1. The van der Waals surface area contributed by atoms with Crippen LogP contribution in [0.15, 0.2) is 47.8 Å². The third kappa shape index (κ3) is 10.2. The molecule has 6 N–H and O–H groups in total. The molecule has 2 heterocycles. The van der Waals surface area contributed by atoms with Gasteiger partial charge in [0, 0.05) is 29.6 Å². The smallest absolute Gasteiger partial charge is 0.102 e. The van der Waals surface area contributed by atoms with Gasteiger partial charge in [-0.15, -0.1) is 0 Å². The van der Waals surface area contributed by atoms with Crippen LogP contribution in [0.4, 0.5) is 0 Å². The highest BCUT2D eigenvalue weighted by atomic mass is 16.3. The van der Waals surface area contributed by atoms with Crippen LogP contribution < -0.4 is 16.4 Å². The van der Waals surface area contributed by atoms with Crippen molar-refractivity contribution in [3.8, 4) is 0 Å². The van der Waals surface area contributed by atoms with Crippen molar-refractivity contribution in [1.82, 2.24) is 20.4 Å². The van der Waals surface area contributed by atoms with Crippen molar-refractivity contribution >= 4 is 18.0 Å². The fourth-order valence-electron chi connectivity index (χ4n) is 3.40. The summed E-state index contributed by atoms with van der Waals surface area (Å²) in [6.07, 6.45) is 11.8. The number of allylic oxidation sites excluding steroid dienone is 5. The van der Waals surface area contributed by atoms with Gasteiger partial charge < -0.3 is 21.3 Å². The van der Waals surface area contributed by atoms with Gasteiger partial charge in [-0.25, -0.2) is 0 Å². The van der Waals surface area contributed by atoms with Crippen LogP contribution in [0.3, 0.4) is 0 Å². The predicted molar refractivity (Wildman–Crippen MR) is 139 cm³/mol. The zero-order valence-electron chi connectivity index (χ0n) is 20.6. The number of hydrogen-bond acceptors (Lipinski definition) is 7. The molecule has 1 saturated heterocycles. The minimum atomic E-state index is -0.648. The van der Waals surface area contributed by atoms with E-state index in [-0.39, 0.29) is 0 Å². The van der Waals surface area contributed by atoms with Crippen molar-refractivity contribution in [2.75, 3.05) is 26.3 Å². The fraction of sp³-hybridized carbons (Fsp3) is 0.520. The monoisotopic (exact) mass is 458 g/mol. The van der Waals surface area contributed by atoms with Crippen LogP contribution >= 0.6 is 0 Å². The molecule has 0 aliphatic carbocycles. The van der Waals surface area contributed by atoms with Gasteiger partial charge in [-0.2, -0.15) is 5.10 Å².